The van der Waals surface area contributed by atoms with Crippen LogP contribution in [0.15, 0.2) is 4.99 Å². The molecule has 19 heavy (non-hydrogen) atoms. The molecule has 0 aromatic heterocycles. The summed E-state index contributed by atoms with van der Waals surface area (Å²) in [5.41, 5.74) is 5.17. The second-order valence-electron chi connectivity index (χ2n) is 5.20. The molecule has 0 aromatic carbocycles. The molecule has 0 bridgehead atoms. The van der Waals surface area contributed by atoms with Gasteiger partial charge in [0.15, 0.2) is 5.96 Å². The van der Waals surface area contributed by atoms with E-state index in [9.17, 15) is 4.79 Å². The fourth-order valence-electron chi connectivity index (χ4n) is 1.24. The molecule has 0 saturated heterocycles. The fourth-order valence-corrected chi connectivity index (χ4v) is 1.24. The van der Waals surface area contributed by atoms with Crippen molar-refractivity contribution in [2.24, 2.45) is 10.7 Å². The molecule has 1 amide bonds. The van der Waals surface area contributed by atoms with Crippen molar-refractivity contribution in [1.82, 2.24) is 10.6 Å². The van der Waals surface area contributed by atoms with Crippen molar-refractivity contribution in [3.8, 4) is 0 Å². The summed E-state index contributed by atoms with van der Waals surface area (Å²) in [5.74, 6) is 0.329. The van der Waals surface area contributed by atoms with Crippen molar-refractivity contribution >= 4 is 12.1 Å². The Bertz CT molecular complexity index is 300. The van der Waals surface area contributed by atoms with E-state index >= 15 is 0 Å². The van der Waals surface area contributed by atoms with Crippen LogP contribution in [-0.4, -0.2) is 50.5 Å². The third-order valence-corrected chi connectivity index (χ3v) is 1.87. The van der Waals surface area contributed by atoms with Gasteiger partial charge in [-0.05, 0) is 27.7 Å². The molecule has 0 heterocycles. The van der Waals surface area contributed by atoms with Crippen LogP contribution in [-0.2, 0) is 9.47 Å². The number of aliphatic imine (C=N–C) groups is 1. The van der Waals surface area contributed by atoms with Crippen LogP contribution in [0.5, 0.6) is 0 Å². The van der Waals surface area contributed by atoms with Gasteiger partial charge in [-0.1, -0.05) is 0 Å². The first-order valence-corrected chi connectivity index (χ1v) is 6.27. The highest BCUT2D eigenvalue weighted by atomic mass is 16.6. The Kier molecular flexibility index (Phi) is 7.90. The number of carbonyl (C=O) groups is 1. The van der Waals surface area contributed by atoms with Crippen LogP contribution in [0.25, 0.3) is 0 Å². The van der Waals surface area contributed by atoms with Gasteiger partial charge in [0.05, 0.1) is 13.2 Å². The Balaban J connectivity index is 3.80. The van der Waals surface area contributed by atoms with E-state index in [1.54, 1.807) is 7.11 Å². The minimum Gasteiger partial charge on any atom is -0.444 e. The maximum Gasteiger partial charge on any atom is 0.407 e. The van der Waals surface area contributed by atoms with E-state index in [0.29, 0.717) is 25.7 Å². The topological polar surface area (TPSA) is 98.0 Å². The fraction of sp³-hybridized carbons (Fsp3) is 0.833. The number of alkyl carbamates (subject to hydrolysis) is 1. The lowest BCUT2D eigenvalue weighted by molar-refractivity contribution is 0.0529. The Hall–Kier alpha value is -1.50. The molecule has 0 aliphatic heterocycles. The monoisotopic (exact) mass is 274 g/mol. The minimum atomic E-state index is -0.497. The smallest absolute Gasteiger partial charge is 0.407 e. The average molecular weight is 274 g/mol. The van der Waals surface area contributed by atoms with Crippen molar-refractivity contribution in [2.45, 2.75) is 39.3 Å². The van der Waals surface area contributed by atoms with Crippen LogP contribution in [0.4, 0.5) is 4.79 Å². The summed E-state index contributed by atoms with van der Waals surface area (Å²) < 4.78 is 10.0. The van der Waals surface area contributed by atoms with E-state index in [1.807, 2.05) is 27.7 Å². The first-order valence-electron chi connectivity index (χ1n) is 6.27. The lowest BCUT2D eigenvalue weighted by atomic mass is 10.2. The molecule has 4 N–H and O–H groups in total. The summed E-state index contributed by atoms with van der Waals surface area (Å²) >= 11 is 0. The first-order chi connectivity index (χ1) is 8.74. The van der Waals surface area contributed by atoms with E-state index < -0.39 is 11.7 Å². The number of methoxy groups -OCH3 is 1. The van der Waals surface area contributed by atoms with Gasteiger partial charge >= 0.3 is 6.09 Å². The maximum atomic E-state index is 11.3. The number of nitrogens with two attached hydrogens (primary N) is 1. The Labute approximate surface area is 114 Å². The second-order valence-corrected chi connectivity index (χ2v) is 5.20. The molecule has 0 saturated carbocycles. The molecule has 0 aromatic rings. The number of amides is 1. The van der Waals surface area contributed by atoms with Crippen LogP contribution < -0.4 is 16.4 Å². The predicted molar refractivity (Wildman–Crippen MR) is 75.2 cm³/mol. The summed E-state index contributed by atoms with van der Waals surface area (Å²) in [7, 11) is 1.62. The average Bonchev–Trinajstić information content (AvgIpc) is 2.22. The molecule has 7 heteroatoms. The largest absolute Gasteiger partial charge is 0.444 e. The van der Waals surface area contributed by atoms with Gasteiger partial charge in [-0.3, -0.25) is 4.99 Å². The molecule has 1 unspecified atom stereocenters. The molecule has 0 rings (SSSR count). The zero-order valence-electron chi connectivity index (χ0n) is 12.4. The van der Waals surface area contributed by atoms with Crippen LogP contribution in [0.3, 0.4) is 0 Å². The van der Waals surface area contributed by atoms with Crippen molar-refractivity contribution in [2.75, 3.05) is 26.8 Å². The molecule has 7 nitrogen and oxygen atoms in total. The molecule has 0 aliphatic rings. The predicted octanol–water partition coefficient (Wildman–Crippen LogP) is 0.450. The molecular formula is C12H26N4O3. The Morgan fingerprint density at radius 1 is 1.42 bits per heavy atom. The quantitative estimate of drug-likeness (QED) is 0.371. The second kappa shape index (κ2) is 8.58. The van der Waals surface area contributed by atoms with E-state index in [0.717, 1.165) is 0 Å². The molecule has 0 aliphatic carbocycles. The molecule has 0 spiro atoms. The minimum absolute atomic E-state index is 0.0903. The summed E-state index contributed by atoms with van der Waals surface area (Å²) in [6.45, 7) is 8.67. The molecule has 0 radical (unpaired) electrons. The molecular weight excluding hydrogens is 248 g/mol. The zero-order chi connectivity index (χ0) is 14.9. The van der Waals surface area contributed by atoms with E-state index in [2.05, 4.69) is 15.6 Å². The number of nitrogens with one attached hydrogen (secondary N) is 2. The van der Waals surface area contributed by atoms with Crippen molar-refractivity contribution < 1.29 is 14.3 Å². The number of rotatable bonds is 6. The maximum absolute atomic E-state index is 11.3. The van der Waals surface area contributed by atoms with Gasteiger partial charge in [0.1, 0.15) is 5.60 Å². The summed E-state index contributed by atoms with van der Waals surface area (Å²) in [5, 5.41) is 5.56. The summed E-state index contributed by atoms with van der Waals surface area (Å²) in [6.07, 6.45) is -0.456. The summed E-state index contributed by atoms with van der Waals surface area (Å²) in [4.78, 5) is 15.4. The third kappa shape index (κ3) is 11.3. The Morgan fingerprint density at radius 3 is 2.58 bits per heavy atom. The number of nitrogens with zero attached hydrogens (tertiary/aromatic N) is 1. The van der Waals surface area contributed by atoms with Gasteiger partial charge in [0.25, 0.3) is 0 Å². The van der Waals surface area contributed by atoms with E-state index in [-0.39, 0.29) is 6.04 Å². The van der Waals surface area contributed by atoms with Crippen LogP contribution >= 0.6 is 0 Å². The highest BCUT2D eigenvalue weighted by Gasteiger charge is 2.15. The molecule has 0 fully saturated rings. The highest BCUT2D eigenvalue weighted by Crippen LogP contribution is 2.05. The van der Waals surface area contributed by atoms with Gasteiger partial charge in [-0.15, -0.1) is 0 Å². The first kappa shape index (κ1) is 17.5. The standard InChI is InChI=1S/C12H26N4O3/c1-9(8-18-5)16-10(13)14-6-7-15-11(17)19-12(2,3)4/h9H,6-8H2,1-5H3,(H,15,17)(H3,13,14,16). The zero-order valence-corrected chi connectivity index (χ0v) is 12.4. The lowest BCUT2D eigenvalue weighted by Crippen LogP contribution is -2.41. The van der Waals surface area contributed by atoms with Gasteiger partial charge in [-0.2, -0.15) is 0 Å². The van der Waals surface area contributed by atoms with Crippen molar-refractivity contribution in [1.29, 1.82) is 0 Å². The number of carbonyl (C=O) groups excluding carboxylic acids is 1. The summed E-state index contributed by atoms with van der Waals surface area (Å²) in [6, 6.07) is 0.0903. The van der Waals surface area contributed by atoms with Gasteiger partial charge in [-0.25, -0.2) is 4.79 Å². The van der Waals surface area contributed by atoms with Gasteiger partial charge < -0.3 is 25.8 Å². The normalized spacial score (nSPS) is 13.8. The number of hydrogen-bond acceptors (Lipinski definition) is 4. The van der Waals surface area contributed by atoms with E-state index in [4.69, 9.17) is 15.2 Å². The number of guanidine groups is 1. The molecule has 1 atom stereocenters. The van der Waals surface area contributed by atoms with Gasteiger partial charge in [0, 0.05) is 19.7 Å². The number of hydrogen-bond donors (Lipinski definition) is 3. The number of ether oxygens (including phenoxy) is 2. The SMILES string of the molecule is COCC(C)NC(N)=NCCNC(=O)OC(C)(C)C. The van der Waals surface area contributed by atoms with E-state index in [1.165, 1.54) is 0 Å². The third-order valence-electron chi connectivity index (χ3n) is 1.87. The van der Waals surface area contributed by atoms with Crippen molar-refractivity contribution in [3.63, 3.8) is 0 Å². The highest BCUT2D eigenvalue weighted by molar-refractivity contribution is 5.78. The van der Waals surface area contributed by atoms with Crippen LogP contribution in [0.2, 0.25) is 0 Å². The Morgan fingerprint density at radius 2 is 2.05 bits per heavy atom. The van der Waals surface area contributed by atoms with Gasteiger partial charge in [0.2, 0.25) is 0 Å². The van der Waals surface area contributed by atoms with Crippen LogP contribution in [0.1, 0.15) is 27.7 Å². The van der Waals surface area contributed by atoms with Crippen molar-refractivity contribution in [3.05, 3.63) is 0 Å². The van der Waals surface area contributed by atoms with Crippen LogP contribution in [0, 0.1) is 0 Å². The molecule has 112 valence electrons. The lowest BCUT2D eigenvalue weighted by Gasteiger charge is -2.19.